The van der Waals surface area contributed by atoms with Gasteiger partial charge in [0.25, 0.3) is 0 Å². The predicted octanol–water partition coefficient (Wildman–Crippen LogP) is 3.54. The van der Waals surface area contributed by atoms with E-state index in [0.29, 0.717) is 11.3 Å². The molecule has 0 spiro atoms. The Morgan fingerprint density at radius 3 is 2.14 bits per heavy atom. The average molecular weight is 291 g/mol. The van der Waals surface area contributed by atoms with Crippen molar-refractivity contribution < 1.29 is 4.79 Å². The van der Waals surface area contributed by atoms with Gasteiger partial charge in [0.15, 0.2) is 5.71 Å². The average Bonchev–Trinajstić information content (AvgIpc) is 2.53. The number of hydrogen-bond acceptors (Lipinski definition) is 4. The van der Waals surface area contributed by atoms with Crippen molar-refractivity contribution in [3.63, 3.8) is 0 Å². The number of nitriles is 1. The van der Waals surface area contributed by atoms with E-state index in [4.69, 9.17) is 0 Å². The van der Waals surface area contributed by atoms with Crippen molar-refractivity contribution in [2.24, 2.45) is 4.99 Å². The van der Waals surface area contributed by atoms with E-state index in [9.17, 15) is 10.1 Å². The number of rotatable bonds is 4. The van der Waals surface area contributed by atoms with Crippen molar-refractivity contribution in [3.8, 4) is 6.07 Å². The standard InChI is InChI=1S/C18H17N3O/c1-13-4-6-14(7-5-13)18(22)17(12-19)20-15-8-10-16(11-9-15)21(2)3/h4-11H,1-3H3. The Labute approximate surface area is 130 Å². The summed E-state index contributed by atoms with van der Waals surface area (Å²) in [6.45, 7) is 1.94. The zero-order chi connectivity index (χ0) is 16.1. The van der Waals surface area contributed by atoms with Crippen LogP contribution in [0, 0.1) is 18.3 Å². The molecule has 22 heavy (non-hydrogen) atoms. The van der Waals surface area contributed by atoms with Crippen LogP contribution < -0.4 is 4.90 Å². The fourth-order valence-corrected chi connectivity index (χ4v) is 1.92. The molecule has 0 N–H and O–H groups in total. The maximum absolute atomic E-state index is 12.3. The minimum Gasteiger partial charge on any atom is -0.378 e. The van der Waals surface area contributed by atoms with Crippen molar-refractivity contribution in [2.75, 3.05) is 19.0 Å². The fourth-order valence-electron chi connectivity index (χ4n) is 1.92. The number of carbonyl (C=O) groups is 1. The van der Waals surface area contributed by atoms with Crippen molar-refractivity contribution >= 4 is 22.9 Å². The highest BCUT2D eigenvalue weighted by atomic mass is 16.1. The van der Waals surface area contributed by atoms with Gasteiger partial charge in [0, 0.05) is 25.3 Å². The minimum absolute atomic E-state index is 0.110. The van der Waals surface area contributed by atoms with Gasteiger partial charge in [-0.25, -0.2) is 4.99 Å². The van der Waals surface area contributed by atoms with E-state index in [1.165, 1.54) is 0 Å². The van der Waals surface area contributed by atoms with Gasteiger partial charge in [-0.1, -0.05) is 29.8 Å². The van der Waals surface area contributed by atoms with Crippen molar-refractivity contribution in [2.45, 2.75) is 6.92 Å². The van der Waals surface area contributed by atoms with Gasteiger partial charge in [-0.05, 0) is 31.2 Å². The Bertz CT molecular complexity index is 735. The van der Waals surface area contributed by atoms with Crippen LogP contribution >= 0.6 is 0 Å². The van der Waals surface area contributed by atoms with Crippen LogP contribution in [0.4, 0.5) is 11.4 Å². The van der Waals surface area contributed by atoms with Crippen LogP contribution in [-0.4, -0.2) is 25.6 Å². The Morgan fingerprint density at radius 2 is 1.64 bits per heavy atom. The summed E-state index contributed by atoms with van der Waals surface area (Å²) in [5.74, 6) is -0.362. The second-order valence-electron chi connectivity index (χ2n) is 5.18. The van der Waals surface area contributed by atoms with Gasteiger partial charge in [0.1, 0.15) is 6.07 Å². The molecular weight excluding hydrogens is 274 g/mol. The summed E-state index contributed by atoms with van der Waals surface area (Å²) in [7, 11) is 3.89. The molecule has 2 aromatic rings. The van der Waals surface area contributed by atoms with Crippen LogP contribution in [-0.2, 0) is 0 Å². The highest BCUT2D eigenvalue weighted by molar-refractivity contribution is 6.51. The van der Waals surface area contributed by atoms with Crippen molar-refractivity contribution in [3.05, 3.63) is 59.7 Å². The van der Waals surface area contributed by atoms with Crippen molar-refractivity contribution in [1.82, 2.24) is 0 Å². The minimum atomic E-state index is -0.362. The predicted molar refractivity (Wildman–Crippen MR) is 89.0 cm³/mol. The van der Waals surface area contributed by atoms with Crippen LogP contribution in [0.25, 0.3) is 0 Å². The summed E-state index contributed by atoms with van der Waals surface area (Å²) in [6, 6.07) is 16.3. The van der Waals surface area contributed by atoms with Gasteiger partial charge in [0.05, 0.1) is 5.69 Å². The highest BCUT2D eigenvalue weighted by Gasteiger charge is 2.13. The van der Waals surface area contributed by atoms with Gasteiger partial charge < -0.3 is 4.90 Å². The Morgan fingerprint density at radius 1 is 1.05 bits per heavy atom. The number of Topliss-reactive ketones (excluding diaryl/α,β-unsaturated/α-hetero) is 1. The molecular formula is C18H17N3O. The molecule has 0 unspecified atom stereocenters. The number of hydrogen-bond donors (Lipinski definition) is 0. The fraction of sp³-hybridized carbons (Fsp3) is 0.167. The molecule has 0 heterocycles. The molecule has 0 aliphatic heterocycles. The molecule has 0 atom stereocenters. The topological polar surface area (TPSA) is 56.5 Å². The molecule has 0 amide bonds. The van der Waals surface area contributed by atoms with E-state index in [-0.39, 0.29) is 11.5 Å². The maximum atomic E-state index is 12.3. The zero-order valence-electron chi connectivity index (χ0n) is 12.9. The number of anilines is 1. The smallest absolute Gasteiger partial charge is 0.222 e. The second kappa shape index (κ2) is 6.68. The SMILES string of the molecule is Cc1ccc(C(=O)C(C#N)=Nc2ccc(N(C)C)cc2)cc1. The summed E-state index contributed by atoms with van der Waals surface area (Å²) < 4.78 is 0. The molecule has 0 radical (unpaired) electrons. The van der Waals surface area contributed by atoms with Gasteiger partial charge in [0.2, 0.25) is 5.78 Å². The summed E-state index contributed by atoms with van der Waals surface area (Å²) in [5, 5.41) is 9.21. The quantitative estimate of drug-likeness (QED) is 0.639. The summed E-state index contributed by atoms with van der Waals surface area (Å²) in [6.07, 6.45) is 0. The van der Waals surface area contributed by atoms with Gasteiger partial charge >= 0.3 is 0 Å². The van der Waals surface area contributed by atoms with Crippen LogP contribution in [0.5, 0.6) is 0 Å². The van der Waals surface area contributed by atoms with Crippen LogP contribution in [0.2, 0.25) is 0 Å². The molecule has 0 saturated carbocycles. The lowest BCUT2D eigenvalue weighted by atomic mass is 10.1. The first-order chi connectivity index (χ1) is 10.5. The Kier molecular flexibility index (Phi) is 4.70. The molecule has 4 nitrogen and oxygen atoms in total. The molecule has 2 aromatic carbocycles. The molecule has 0 aromatic heterocycles. The molecule has 110 valence electrons. The highest BCUT2D eigenvalue weighted by Crippen LogP contribution is 2.19. The zero-order valence-corrected chi connectivity index (χ0v) is 12.9. The maximum Gasteiger partial charge on any atom is 0.222 e. The largest absolute Gasteiger partial charge is 0.378 e. The number of carbonyl (C=O) groups excluding carboxylic acids is 1. The van der Waals surface area contributed by atoms with Crippen LogP contribution in [0.3, 0.4) is 0 Å². The molecule has 0 fully saturated rings. The molecule has 4 heteroatoms. The molecule has 0 saturated heterocycles. The summed E-state index contributed by atoms with van der Waals surface area (Å²) in [4.78, 5) is 18.4. The van der Waals surface area contributed by atoms with Crippen molar-refractivity contribution in [1.29, 1.82) is 5.26 Å². The third-order valence-corrected chi connectivity index (χ3v) is 3.24. The van der Waals surface area contributed by atoms with Crippen LogP contribution in [0.1, 0.15) is 15.9 Å². The van der Waals surface area contributed by atoms with E-state index in [0.717, 1.165) is 11.3 Å². The first-order valence-electron chi connectivity index (χ1n) is 6.89. The monoisotopic (exact) mass is 291 g/mol. The first kappa shape index (κ1) is 15.5. The lowest BCUT2D eigenvalue weighted by Crippen LogP contribution is -2.12. The Hall–Kier alpha value is -2.93. The summed E-state index contributed by atoms with van der Waals surface area (Å²) in [5.41, 5.74) is 3.04. The number of benzene rings is 2. The van der Waals surface area contributed by atoms with Gasteiger partial charge in [-0.3, -0.25) is 4.79 Å². The van der Waals surface area contributed by atoms with Gasteiger partial charge in [-0.2, -0.15) is 5.26 Å². The number of nitrogens with zero attached hydrogens (tertiary/aromatic N) is 3. The second-order valence-corrected chi connectivity index (χ2v) is 5.18. The van der Waals surface area contributed by atoms with E-state index < -0.39 is 0 Å². The molecule has 2 rings (SSSR count). The van der Waals surface area contributed by atoms with E-state index in [1.807, 2.05) is 56.3 Å². The van der Waals surface area contributed by atoms with Gasteiger partial charge in [-0.15, -0.1) is 0 Å². The third-order valence-electron chi connectivity index (χ3n) is 3.24. The lowest BCUT2D eigenvalue weighted by Gasteiger charge is -2.11. The lowest BCUT2D eigenvalue weighted by molar-refractivity contribution is 0.106. The number of ketones is 1. The first-order valence-corrected chi connectivity index (χ1v) is 6.89. The van der Waals surface area contributed by atoms with E-state index >= 15 is 0 Å². The molecule has 0 aliphatic rings. The van der Waals surface area contributed by atoms with E-state index in [1.54, 1.807) is 24.3 Å². The number of aliphatic imine (C=N–C) groups is 1. The van der Waals surface area contributed by atoms with Crippen LogP contribution in [0.15, 0.2) is 53.5 Å². The Balaban J connectivity index is 2.29. The molecule has 0 bridgehead atoms. The molecule has 0 aliphatic carbocycles. The third kappa shape index (κ3) is 3.58. The number of aryl methyl sites for hydroxylation is 1. The summed E-state index contributed by atoms with van der Waals surface area (Å²) >= 11 is 0. The van der Waals surface area contributed by atoms with E-state index in [2.05, 4.69) is 4.99 Å². The normalized spacial score (nSPS) is 10.9.